The number of nitro groups is 1. The van der Waals surface area contributed by atoms with Gasteiger partial charge in [0.05, 0.1) is 4.92 Å². The number of carbonyl (C=O) groups excluding carboxylic acids is 2. The number of nitro benzene ring substituents is 1. The van der Waals surface area contributed by atoms with Gasteiger partial charge in [-0.15, -0.1) is 0 Å². The fraction of sp³-hybridized carbons (Fsp3) is 0.150. The Bertz CT molecular complexity index is 992. The lowest BCUT2D eigenvalue weighted by Crippen LogP contribution is -2.06. The molecular weight excluding hydrogens is 364 g/mol. The predicted octanol–water partition coefficient (Wildman–Crippen LogP) is 3.64. The minimum Gasteiger partial charge on any atom is -0.427 e. The fourth-order valence-electron chi connectivity index (χ4n) is 2.47. The molecule has 0 aliphatic carbocycles. The Hall–Kier alpha value is -3.81. The Kier molecular flexibility index (Phi) is 5.59. The van der Waals surface area contributed by atoms with Crippen molar-refractivity contribution in [2.75, 3.05) is 0 Å². The molecule has 28 heavy (non-hydrogen) atoms. The highest BCUT2D eigenvalue weighted by Crippen LogP contribution is 2.22. The van der Waals surface area contributed by atoms with Gasteiger partial charge in [-0.05, 0) is 42.3 Å². The van der Waals surface area contributed by atoms with Gasteiger partial charge in [0.1, 0.15) is 5.75 Å². The van der Waals surface area contributed by atoms with E-state index >= 15 is 0 Å². The molecule has 3 rings (SSSR count). The molecule has 142 valence electrons. The van der Waals surface area contributed by atoms with Gasteiger partial charge in [0.25, 0.3) is 5.69 Å². The predicted molar refractivity (Wildman–Crippen MR) is 101 cm³/mol. The van der Waals surface area contributed by atoms with Crippen molar-refractivity contribution in [2.45, 2.75) is 19.8 Å². The first-order valence-electron chi connectivity index (χ1n) is 8.54. The minimum absolute atomic E-state index is 0.0664. The maximum Gasteiger partial charge on any atom is 0.363 e. The number of nitrogens with zero attached hydrogens (tertiary/aromatic N) is 2. The van der Waals surface area contributed by atoms with E-state index in [0.29, 0.717) is 29.7 Å². The normalized spacial score (nSPS) is 14.5. The maximum absolute atomic E-state index is 12.1. The first-order chi connectivity index (χ1) is 13.5. The zero-order valence-corrected chi connectivity index (χ0v) is 15.0. The lowest BCUT2D eigenvalue weighted by molar-refractivity contribution is -0.384. The molecule has 0 fully saturated rings. The number of aliphatic imine (C=N–C) groups is 1. The molecule has 0 unspecified atom stereocenters. The number of rotatable bonds is 6. The molecule has 0 spiro atoms. The molecule has 0 amide bonds. The zero-order chi connectivity index (χ0) is 20.1. The highest BCUT2D eigenvalue weighted by Gasteiger charge is 2.24. The summed E-state index contributed by atoms with van der Waals surface area (Å²) in [5.74, 6) is -0.525. The van der Waals surface area contributed by atoms with E-state index in [4.69, 9.17) is 9.47 Å². The summed E-state index contributed by atoms with van der Waals surface area (Å²) in [5, 5.41) is 10.7. The van der Waals surface area contributed by atoms with Crippen LogP contribution in [0.1, 0.15) is 30.9 Å². The second-order valence-corrected chi connectivity index (χ2v) is 5.94. The monoisotopic (exact) mass is 380 g/mol. The van der Waals surface area contributed by atoms with Crippen molar-refractivity contribution in [3.63, 3.8) is 0 Å². The molecule has 0 atom stereocenters. The SMILES string of the molecule is CCCC(=O)Oc1cccc(/C=C2\N=C(c3ccc([N+](=O)[O-])cc3)OC2=O)c1. The van der Waals surface area contributed by atoms with Crippen LogP contribution in [0.25, 0.3) is 6.08 Å². The Balaban J connectivity index is 1.81. The van der Waals surface area contributed by atoms with E-state index in [1.54, 1.807) is 24.3 Å². The molecular formula is C20H16N2O6. The Morgan fingerprint density at radius 1 is 1.25 bits per heavy atom. The van der Waals surface area contributed by atoms with Crippen molar-refractivity contribution < 1.29 is 24.0 Å². The van der Waals surface area contributed by atoms with Gasteiger partial charge in [0.2, 0.25) is 5.90 Å². The maximum atomic E-state index is 12.1. The lowest BCUT2D eigenvalue weighted by atomic mass is 10.2. The number of esters is 2. The molecule has 0 saturated carbocycles. The van der Waals surface area contributed by atoms with Crippen molar-refractivity contribution in [2.24, 2.45) is 4.99 Å². The zero-order valence-electron chi connectivity index (χ0n) is 15.0. The number of hydrogen-bond acceptors (Lipinski definition) is 7. The largest absolute Gasteiger partial charge is 0.427 e. The van der Waals surface area contributed by atoms with Crippen LogP contribution >= 0.6 is 0 Å². The number of carbonyl (C=O) groups is 2. The molecule has 0 bridgehead atoms. The number of hydrogen-bond donors (Lipinski definition) is 0. The number of benzene rings is 2. The molecule has 2 aromatic rings. The van der Waals surface area contributed by atoms with Crippen LogP contribution in [0.4, 0.5) is 5.69 Å². The fourth-order valence-corrected chi connectivity index (χ4v) is 2.47. The van der Waals surface area contributed by atoms with E-state index in [9.17, 15) is 19.7 Å². The second-order valence-electron chi connectivity index (χ2n) is 5.94. The molecule has 0 aromatic heterocycles. The summed E-state index contributed by atoms with van der Waals surface area (Å²) >= 11 is 0. The number of non-ortho nitro benzene ring substituents is 1. The van der Waals surface area contributed by atoms with Crippen LogP contribution in [0, 0.1) is 10.1 Å². The van der Waals surface area contributed by atoms with Gasteiger partial charge in [-0.3, -0.25) is 14.9 Å². The molecule has 0 radical (unpaired) electrons. The number of cyclic esters (lactones) is 1. The van der Waals surface area contributed by atoms with Crippen LogP contribution in [0.2, 0.25) is 0 Å². The molecule has 0 saturated heterocycles. The first kappa shape index (κ1) is 19.0. The van der Waals surface area contributed by atoms with Gasteiger partial charge in [-0.1, -0.05) is 19.1 Å². The van der Waals surface area contributed by atoms with Crippen molar-refractivity contribution in [1.29, 1.82) is 0 Å². The summed E-state index contributed by atoms with van der Waals surface area (Å²) in [6, 6.07) is 12.2. The van der Waals surface area contributed by atoms with Crippen molar-refractivity contribution in [1.82, 2.24) is 0 Å². The molecule has 2 aromatic carbocycles. The van der Waals surface area contributed by atoms with Crippen LogP contribution in [0.5, 0.6) is 5.75 Å². The second kappa shape index (κ2) is 8.26. The molecule has 8 nitrogen and oxygen atoms in total. The summed E-state index contributed by atoms with van der Waals surface area (Å²) in [6.07, 6.45) is 2.52. The summed E-state index contributed by atoms with van der Waals surface area (Å²) in [4.78, 5) is 38.1. The van der Waals surface area contributed by atoms with E-state index in [2.05, 4.69) is 4.99 Å². The molecule has 0 N–H and O–H groups in total. The Morgan fingerprint density at radius 2 is 2.00 bits per heavy atom. The average molecular weight is 380 g/mol. The highest BCUT2D eigenvalue weighted by atomic mass is 16.6. The topological polar surface area (TPSA) is 108 Å². The molecule has 1 heterocycles. The van der Waals surface area contributed by atoms with E-state index in [1.165, 1.54) is 30.3 Å². The van der Waals surface area contributed by atoms with Gasteiger partial charge < -0.3 is 9.47 Å². The average Bonchev–Trinajstić information content (AvgIpc) is 3.03. The third-order valence-corrected chi connectivity index (χ3v) is 3.79. The van der Waals surface area contributed by atoms with Gasteiger partial charge in [-0.25, -0.2) is 9.79 Å². The summed E-state index contributed by atoms with van der Waals surface area (Å²) in [5.41, 5.74) is 1.07. The smallest absolute Gasteiger partial charge is 0.363 e. The first-order valence-corrected chi connectivity index (χ1v) is 8.54. The molecule has 1 aliphatic rings. The van der Waals surface area contributed by atoms with E-state index < -0.39 is 10.9 Å². The third-order valence-electron chi connectivity index (χ3n) is 3.79. The highest BCUT2D eigenvalue weighted by molar-refractivity contribution is 6.12. The van der Waals surface area contributed by atoms with Gasteiger partial charge in [0.15, 0.2) is 5.70 Å². The van der Waals surface area contributed by atoms with Crippen molar-refractivity contribution in [3.8, 4) is 5.75 Å². The quantitative estimate of drug-likeness (QED) is 0.249. The van der Waals surface area contributed by atoms with Gasteiger partial charge in [0, 0.05) is 24.1 Å². The van der Waals surface area contributed by atoms with Crippen LogP contribution in [-0.2, 0) is 14.3 Å². The lowest BCUT2D eigenvalue weighted by Gasteiger charge is -2.04. The summed E-state index contributed by atoms with van der Waals surface area (Å²) in [6.45, 7) is 1.88. The molecule has 8 heteroatoms. The minimum atomic E-state index is -0.637. The standard InChI is InChI=1S/C20H16N2O6/c1-2-4-18(23)27-16-6-3-5-13(11-16)12-17-20(24)28-19(21-17)14-7-9-15(10-8-14)22(25)26/h3,5-12H,2,4H2,1H3/b17-12-. The van der Waals surface area contributed by atoms with Crippen molar-refractivity contribution in [3.05, 3.63) is 75.5 Å². The van der Waals surface area contributed by atoms with Gasteiger partial charge >= 0.3 is 11.9 Å². The Morgan fingerprint density at radius 3 is 2.68 bits per heavy atom. The van der Waals surface area contributed by atoms with E-state index in [1.807, 2.05) is 6.92 Å². The van der Waals surface area contributed by atoms with Crippen LogP contribution < -0.4 is 4.74 Å². The third kappa shape index (κ3) is 4.47. The van der Waals surface area contributed by atoms with Crippen LogP contribution in [0.3, 0.4) is 0 Å². The van der Waals surface area contributed by atoms with Crippen LogP contribution in [0.15, 0.2) is 59.2 Å². The Labute approximate surface area is 160 Å². The number of ether oxygens (including phenoxy) is 2. The summed E-state index contributed by atoms with van der Waals surface area (Å²) < 4.78 is 10.4. The molecule has 1 aliphatic heterocycles. The summed E-state index contributed by atoms with van der Waals surface area (Å²) in [7, 11) is 0. The van der Waals surface area contributed by atoms with Crippen molar-refractivity contribution >= 4 is 29.6 Å². The van der Waals surface area contributed by atoms with Gasteiger partial charge in [-0.2, -0.15) is 0 Å². The van der Waals surface area contributed by atoms with Crippen LogP contribution in [-0.4, -0.2) is 22.8 Å². The van der Waals surface area contributed by atoms with E-state index in [0.717, 1.165) is 0 Å². The van der Waals surface area contributed by atoms with E-state index in [-0.39, 0.29) is 23.3 Å².